The molecule has 0 bridgehead atoms. The highest BCUT2D eigenvalue weighted by Crippen LogP contribution is 2.24. The van der Waals surface area contributed by atoms with Gasteiger partial charge in [0, 0.05) is 6.54 Å². The van der Waals surface area contributed by atoms with Crippen LogP contribution in [0.3, 0.4) is 0 Å². The van der Waals surface area contributed by atoms with E-state index in [0.29, 0.717) is 23.4 Å². The summed E-state index contributed by atoms with van der Waals surface area (Å²) in [5.41, 5.74) is 2.02. The minimum absolute atomic E-state index is 0.237. The maximum absolute atomic E-state index is 13.1. The first-order valence-electron chi connectivity index (χ1n) is 8.80. The fraction of sp³-hybridized carbons (Fsp3) is 0.350. The lowest BCUT2D eigenvalue weighted by Crippen LogP contribution is -2.38. The zero-order chi connectivity index (χ0) is 20.0. The Morgan fingerprint density at radius 3 is 2.52 bits per heavy atom. The van der Waals surface area contributed by atoms with Gasteiger partial charge in [0.1, 0.15) is 5.75 Å². The number of carbonyl (C=O) groups excluding carboxylic acids is 1. The second-order valence-electron chi connectivity index (χ2n) is 6.36. The van der Waals surface area contributed by atoms with Gasteiger partial charge >= 0.3 is 0 Å². The second-order valence-corrected chi connectivity index (χ2v) is 8.26. The number of nitrogens with one attached hydrogen (secondary N) is 1. The number of ether oxygens (including phenoxy) is 1. The summed E-state index contributed by atoms with van der Waals surface area (Å²) in [6.45, 7) is 5.47. The molecule has 7 heteroatoms. The van der Waals surface area contributed by atoms with Crippen molar-refractivity contribution >= 4 is 21.6 Å². The van der Waals surface area contributed by atoms with Crippen LogP contribution in [0.4, 0.5) is 5.69 Å². The van der Waals surface area contributed by atoms with Gasteiger partial charge in [-0.25, -0.2) is 8.42 Å². The van der Waals surface area contributed by atoms with Gasteiger partial charge in [0.2, 0.25) is 15.9 Å². The van der Waals surface area contributed by atoms with Crippen LogP contribution in [-0.2, 0) is 14.8 Å². The summed E-state index contributed by atoms with van der Waals surface area (Å²) in [5.74, 6) is 0.104. The molecule has 0 unspecified atom stereocenters. The monoisotopic (exact) mass is 390 g/mol. The first-order valence-corrected chi connectivity index (χ1v) is 10.2. The Bertz CT molecular complexity index is 910. The lowest BCUT2D eigenvalue weighted by molar-refractivity contribution is -0.116. The standard InChI is InChI=1S/C20H26N2O4S/c1-5-12-22(27(24,25)19-13-15(2)10-11-16(19)3)14-20(23)21-17-8-6-7-9-18(17)26-4/h6-11,13H,5,12,14H2,1-4H3,(H,21,23). The third kappa shape index (κ3) is 5.08. The molecule has 2 aromatic carbocycles. The summed E-state index contributed by atoms with van der Waals surface area (Å²) in [5, 5.41) is 2.73. The molecule has 0 aromatic heterocycles. The van der Waals surface area contributed by atoms with Crippen molar-refractivity contribution in [3.05, 3.63) is 53.6 Å². The van der Waals surface area contributed by atoms with E-state index in [4.69, 9.17) is 4.74 Å². The van der Waals surface area contributed by atoms with Crippen LogP contribution in [0.2, 0.25) is 0 Å². The summed E-state index contributed by atoms with van der Waals surface area (Å²) in [6.07, 6.45) is 0.603. The van der Waals surface area contributed by atoms with E-state index in [1.54, 1.807) is 43.3 Å². The number of para-hydroxylation sites is 2. The first-order chi connectivity index (χ1) is 12.8. The average Bonchev–Trinajstić information content (AvgIpc) is 2.63. The molecule has 2 rings (SSSR count). The van der Waals surface area contributed by atoms with Crippen LogP contribution in [0, 0.1) is 13.8 Å². The van der Waals surface area contributed by atoms with Crippen molar-refractivity contribution < 1.29 is 17.9 Å². The Morgan fingerprint density at radius 2 is 1.85 bits per heavy atom. The molecule has 1 amide bonds. The van der Waals surface area contributed by atoms with Gasteiger partial charge in [0.25, 0.3) is 0 Å². The Balaban J connectivity index is 2.26. The molecule has 0 saturated heterocycles. The molecule has 0 aliphatic heterocycles. The van der Waals surface area contributed by atoms with E-state index in [9.17, 15) is 13.2 Å². The number of methoxy groups -OCH3 is 1. The highest BCUT2D eigenvalue weighted by atomic mass is 32.2. The fourth-order valence-corrected chi connectivity index (χ4v) is 4.55. The lowest BCUT2D eigenvalue weighted by Gasteiger charge is -2.22. The van der Waals surface area contributed by atoms with Crippen molar-refractivity contribution in [3.8, 4) is 5.75 Å². The van der Waals surface area contributed by atoms with Crippen molar-refractivity contribution in [3.63, 3.8) is 0 Å². The van der Waals surface area contributed by atoms with Crippen LogP contribution in [0.15, 0.2) is 47.4 Å². The van der Waals surface area contributed by atoms with Gasteiger partial charge in [-0.15, -0.1) is 0 Å². The molecule has 0 aliphatic rings. The predicted octanol–water partition coefficient (Wildman–Crippen LogP) is 3.35. The van der Waals surface area contributed by atoms with Gasteiger partial charge in [-0.1, -0.05) is 31.2 Å². The summed E-state index contributed by atoms with van der Waals surface area (Å²) >= 11 is 0. The molecule has 1 N–H and O–H groups in total. The molecule has 0 spiro atoms. The van der Waals surface area contributed by atoms with Crippen LogP contribution in [0.5, 0.6) is 5.75 Å². The maximum Gasteiger partial charge on any atom is 0.243 e. The van der Waals surface area contributed by atoms with Crippen LogP contribution < -0.4 is 10.1 Å². The van der Waals surface area contributed by atoms with E-state index < -0.39 is 15.9 Å². The smallest absolute Gasteiger partial charge is 0.243 e. The number of aryl methyl sites for hydroxylation is 2. The summed E-state index contributed by atoms with van der Waals surface area (Å²) < 4.78 is 32.7. The van der Waals surface area contributed by atoms with Crippen molar-refractivity contribution in [2.75, 3.05) is 25.5 Å². The number of hydrogen-bond acceptors (Lipinski definition) is 4. The summed E-state index contributed by atoms with van der Waals surface area (Å²) in [7, 11) is -2.26. The Morgan fingerprint density at radius 1 is 1.15 bits per heavy atom. The quantitative estimate of drug-likeness (QED) is 0.750. The van der Waals surface area contributed by atoms with E-state index in [-0.39, 0.29) is 18.0 Å². The third-order valence-corrected chi connectivity index (χ3v) is 6.12. The van der Waals surface area contributed by atoms with Crippen molar-refractivity contribution in [1.82, 2.24) is 4.31 Å². The minimum Gasteiger partial charge on any atom is -0.495 e. The van der Waals surface area contributed by atoms with Crippen molar-refractivity contribution in [2.24, 2.45) is 0 Å². The maximum atomic E-state index is 13.1. The Kier molecular flexibility index (Phi) is 6.98. The van der Waals surface area contributed by atoms with E-state index in [2.05, 4.69) is 5.32 Å². The zero-order valence-electron chi connectivity index (χ0n) is 16.2. The normalized spacial score (nSPS) is 11.4. The number of rotatable bonds is 8. The number of amides is 1. The third-order valence-electron chi connectivity index (χ3n) is 4.14. The molecular formula is C20H26N2O4S. The summed E-state index contributed by atoms with van der Waals surface area (Å²) in [4.78, 5) is 12.8. The fourth-order valence-electron chi connectivity index (χ4n) is 2.76. The van der Waals surface area contributed by atoms with E-state index in [1.165, 1.54) is 11.4 Å². The minimum atomic E-state index is -3.78. The van der Waals surface area contributed by atoms with Crippen LogP contribution >= 0.6 is 0 Å². The molecule has 0 heterocycles. The number of sulfonamides is 1. The Labute approximate surface area is 161 Å². The molecule has 6 nitrogen and oxygen atoms in total. The van der Waals surface area contributed by atoms with Gasteiger partial charge in [-0.3, -0.25) is 4.79 Å². The molecule has 146 valence electrons. The number of anilines is 1. The molecule has 27 heavy (non-hydrogen) atoms. The van der Waals surface area contributed by atoms with Gasteiger partial charge in [0.05, 0.1) is 24.2 Å². The number of carbonyl (C=O) groups is 1. The zero-order valence-corrected chi connectivity index (χ0v) is 17.0. The first kappa shape index (κ1) is 20.9. The molecule has 0 atom stereocenters. The summed E-state index contributed by atoms with van der Waals surface area (Å²) in [6, 6.07) is 12.3. The largest absolute Gasteiger partial charge is 0.495 e. The molecule has 0 radical (unpaired) electrons. The predicted molar refractivity (Wildman–Crippen MR) is 107 cm³/mol. The number of benzene rings is 2. The van der Waals surface area contributed by atoms with Gasteiger partial charge < -0.3 is 10.1 Å². The molecule has 0 fully saturated rings. The number of nitrogens with zero attached hydrogens (tertiary/aromatic N) is 1. The van der Waals surface area contributed by atoms with Crippen LogP contribution in [-0.4, -0.2) is 38.8 Å². The molecular weight excluding hydrogens is 364 g/mol. The molecule has 0 saturated carbocycles. The average molecular weight is 391 g/mol. The van der Waals surface area contributed by atoms with Crippen molar-refractivity contribution in [1.29, 1.82) is 0 Å². The lowest BCUT2D eigenvalue weighted by atomic mass is 10.2. The van der Waals surface area contributed by atoms with E-state index >= 15 is 0 Å². The van der Waals surface area contributed by atoms with E-state index in [1.807, 2.05) is 19.9 Å². The number of hydrogen-bond donors (Lipinski definition) is 1. The topological polar surface area (TPSA) is 75.7 Å². The second kappa shape index (κ2) is 9.01. The van der Waals surface area contributed by atoms with Gasteiger partial charge in [0.15, 0.2) is 0 Å². The Hall–Kier alpha value is -2.38. The highest BCUT2D eigenvalue weighted by molar-refractivity contribution is 7.89. The highest BCUT2D eigenvalue weighted by Gasteiger charge is 2.27. The SMILES string of the molecule is CCCN(CC(=O)Nc1ccccc1OC)S(=O)(=O)c1cc(C)ccc1C. The van der Waals surface area contributed by atoms with E-state index in [0.717, 1.165) is 5.56 Å². The van der Waals surface area contributed by atoms with Gasteiger partial charge in [-0.05, 0) is 49.6 Å². The molecule has 0 aliphatic carbocycles. The van der Waals surface area contributed by atoms with Crippen molar-refractivity contribution in [2.45, 2.75) is 32.1 Å². The van der Waals surface area contributed by atoms with Crippen LogP contribution in [0.25, 0.3) is 0 Å². The van der Waals surface area contributed by atoms with Gasteiger partial charge in [-0.2, -0.15) is 4.31 Å². The molecule has 2 aromatic rings. The van der Waals surface area contributed by atoms with Crippen LogP contribution in [0.1, 0.15) is 24.5 Å².